The summed E-state index contributed by atoms with van der Waals surface area (Å²) in [6.45, 7) is 2.09. The first-order valence-corrected chi connectivity index (χ1v) is 7.89. The molecule has 1 fully saturated rings. The van der Waals surface area contributed by atoms with E-state index in [0.29, 0.717) is 18.0 Å². The van der Waals surface area contributed by atoms with Gasteiger partial charge in [-0.25, -0.2) is 0 Å². The Morgan fingerprint density at radius 2 is 2.22 bits per heavy atom. The molecule has 4 heteroatoms. The van der Waals surface area contributed by atoms with Crippen LogP contribution >= 0.6 is 11.8 Å². The van der Waals surface area contributed by atoms with E-state index in [-0.39, 0.29) is 0 Å². The molecular formula is C14H22N2OS. The molecule has 1 aliphatic carbocycles. The zero-order valence-electron chi connectivity index (χ0n) is 11.3. The Balaban J connectivity index is 1.80. The highest BCUT2D eigenvalue weighted by Gasteiger charge is 2.17. The van der Waals surface area contributed by atoms with Gasteiger partial charge in [0.15, 0.2) is 0 Å². The van der Waals surface area contributed by atoms with E-state index >= 15 is 0 Å². The van der Waals surface area contributed by atoms with E-state index in [0.717, 1.165) is 23.1 Å². The Kier molecular flexibility index (Phi) is 4.87. The van der Waals surface area contributed by atoms with Crippen molar-refractivity contribution in [3.63, 3.8) is 0 Å². The molecule has 0 amide bonds. The minimum Gasteiger partial charge on any atom is -0.298 e. The van der Waals surface area contributed by atoms with Gasteiger partial charge in [0.1, 0.15) is 5.78 Å². The van der Waals surface area contributed by atoms with E-state index in [1.54, 1.807) is 0 Å². The quantitative estimate of drug-likeness (QED) is 0.794. The van der Waals surface area contributed by atoms with Crippen LogP contribution in [0.3, 0.4) is 0 Å². The molecule has 0 aromatic carbocycles. The van der Waals surface area contributed by atoms with Crippen molar-refractivity contribution >= 4 is 17.5 Å². The molecule has 1 aromatic rings. The number of nitrogens with zero attached hydrogens (tertiary/aromatic N) is 2. The van der Waals surface area contributed by atoms with Gasteiger partial charge in [0.25, 0.3) is 0 Å². The lowest BCUT2D eigenvalue weighted by atomic mass is 10.2. The Morgan fingerprint density at radius 1 is 1.50 bits per heavy atom. The summed E-state index contributed by atoms with van der Waals surface area (Å²) in [5.41, 5.74) is 2.12. The van der Waals surface area contributed by atoms with Crippen molar-refractivity contribution in [3.8, 4) is 0 Å². The molecule has 18 heavy (non-hydrogen) atoms. The SMILES string of the molecule is CCc1cc(CC(=O)CSC2CCCC2)n(C)n1. The maximum absolute atomic E-state index is 12.0. The smallest absolute Gasteiger partial charge is 0.148 e. The fraction of sp³-hybridized carbons (Fsp3) is 0.714. The number of Topliss-reactive ketones (excluding diaryl/α,β-unsaturated/α-hetero) is 1. The number of carbonyl (C=O) groups excluding carboxylic acids is 1. The van der Waals surface area contributed by atoms with Crippen LogP contribution in [0.15, 0.2) is 6.07 Å². The van der Waals surface area contributed by atoms with Crippen LogP contribution in [0.5, 0.6) is 0 Å². The van der Waals surface area contributed by atoms with Crippen molar-refractivity contribution in [2.75, 3.05) is 5.75 Å². The zero-order chi connectivity index (χ0) is 13.0. The molecule has 0 radical (unpaired) electrons. The van der Waals surface area contributed by atoms with Crippen LogP contribution in [-0.2, 0) is 24.7 Å². The van der Waals surface area contributed by atoms with Gasteiger partial charge in [0, 0.05) is 24.4 Å². The van der Waals surface area contributed by atoms with Gasteiger partial charge in [-0.05, 0) is 25.3 Å². The summed E-state index contributed by atoms with van der Waals surface area (Å²) < 4.78 is 1.84. The number of rotatable bonds is 6. The number of hydrogen-bond acceptors (Lipinski definition) is 3. The normalized spacial score (nSPS) is 16.3. The monoisotopic (exact) mass is 266 g/mol. The minimum atomic E-state index is 0.331. The summed E-state index contributed by atoms with van der Waals surface area (Å²) >= 11 is 1.85. The van der Waals surface area contributed by atoms with Crippen molar-refractivity contribution < 1.29 is 4.79 Å². The predicted octanol–water partition coefficient (Wildman–Crippen LogP) is 2.77. The molecule has 3 nitrogen and oxygen atoms in total. The van der Waals surface area contributed by atoms with Crippen molar-refractivity contribution in [2.24, 2.45) is 7.05 Å². The number of aryl methyl sites for hydroxylation is 2. The molecule has 0 aliphatic heterocycles. The molecule has 2 rings (SSSR count). The Labute approximate surface area is 113 Å². The number of ketones is 1. The molecule has 1 heterocycles. The molecule has 0 spiro atoms. The topological polar surface area (TPSA) is 34.9 Å². The molecule has 0 bridgehead atoms. The van der Waals surface area contributed by atoms with Gasteiger partial charge in [-0.3, -0.25) is 9.48 Å². The summed E-state index contributed by atoms with van der Waals surface area (Å²) in [5, 5.41) is 5.11. The van der Waals surface area contributed by atoms with E-state index in [9.17, 15) is 4.79 Å². The lowest BCUT2D eigenvalue weighted by Gasteiger charge is -2.07. The number of hydrogen-bond donors (Lipinski definition) is 0. The molecule has 0 N–H and O–H groups in total. The van der Waals surface area contributed by atoms with Gasteiger partial charge < -0.3 is 0 Å². The molecular weight excluding hydrogens is 244 g/mol. The van der Waals surface area contributed by atoms with Crippen LogP contribution in [0.1, 0.15) is 44.0 Å². The molecule has 1 aliphatic rings. The largest absolute Gasteiger partial charge is 0.298 e. The zero-order valence-corrected chi connectivity index (χ0v) is 12.1. The van der Waals surface area contributed by atoms with Crippen LogP contribution in [0.25, 0.3) is 0 Å². The maximum Gasteiger partial charge on any atom is 0.148 e. The summed E-state index contributed by atoms with van der Waals surface area (Å²) in [6.07, 6.45) is 6.73. The number of carbonyl (C=O) groups is 1. The molecule has 0 saturated heterocycles. The second-order valence-corrected chi connectivity index (χ2v) is 6.33. The highest BCUT2D eigenvalue weighted by molar-refractivity contribution is 8.00. The van der Waals surface area contributed by atoms with E-state index in [4.69, 9.17) is 0 Å². The maximum atomic E-state index is 12.0. The first-order chi connectivity index (χ1) is 8.69. The lowest BCUT2D eigenvalue weighted by Crippen LogP contribution is -2.11. The number of thioether (sulfide) groups is 1. The van der Waals surface area contributed by atoms with Crippen molar-refractivity contribution in [2.45, 2.75) is 50.7 Å². The highest BCUT2D eigenvalue weighted by atomic mass is 32.2. The van der Waals surface area contributed by atoms with E-state index in [1.807, 2.05) is 23.5 Å². The Hall–Kier alpha value is -0.770. The first-order valence-electron chi connectivity index (χ1n) is 6.84. The Morgan fingerprint density at radius 3 is 2.83 bits per heavy atom. The van der Waals surface area contributed by atoms with Crippen LogP contribution in [0, 0.1) is 0 Å². The average molecular weight is 266 g/mol. The van der Waals surface area contributed by atoms with Gasteiger partial charge in [-0.2, -0.15) is 16.9 Å². The molecule has 0 atom stereocenters. The third kappa shape index (κ3) is 3.61. The van der Waals surface area contributed by atoms with Gasteiger partial charge in [-0.1, -0.05) is 19.8 Å². The third-order valence-corrected chi connectivity index (χ3v) is 4.98. The lowest BCUT2D eigenvalue weighted by molar-refractivity contribution is -0.116. The van der Waals surface area contributed by atoms with Crippen LogP contribution in [-0.4, -0.2) is 26.6 Å². The van der Waals surface area contributed by atoms with Crippen molar-refractivity contribution in [3.05, 3.63) is 17.5 Å². The van der Waals surface area contributed by atoms with Gasteiger partial charge in [0.05, 0.1) is 11.4 Å². The third-order valence-electron chi connectivity index (χ3n) is 3.55. The van der Waals surface area contributed by atoms with Crippen LogP contribution < -0.4 is 0 Å². The van der Waals surface area contributed by atoms with Gasteiger partial charge in [0.2, 0.25) is 0 Å². The summed E-state index contributed by atoms with van der Waals surface area (Å²) in [4.78, 5) is 12.0. The second-order valence-electron chi connectivity index (χ2n) is 5.04. The fourth-order valence-electron chi connectivity index (χ4n) is 2.43. The molecule has 0 unspecified atom stereocenters. The summed E-state index contributed by atoms with van der Waals surface area (Å²) in [7, 11) is 1.92. The van der Waals surface area contributed by atoms with Crippen molar-refractivity contribution in [1.82, 2.24) is 9.78 Å². The first kappa shape index (κ1) is 13.7. The van der Waals surface area contributed by atoms with Crippen molar-refractivity contribution in [1.29, 1.82) is 0 Å². The van der Waals surface area contributed by atoms with E-state index in [2.05, 4.69) is 18.1 Å². The van der Waals surface area contributed by atoms with E-state index < -0.39 is 0 Å². The minimum absolute atomic E-state index is 0.331. The number of aromatic nitrogens is 2. The van der Waals surface area contributed by atoms with Crippen LogP contribution in [0.2, 0.25) is 0 Å². The summed E-state index contributed by atoms with van der Waals surface area (Å²) in [6, 6.07) is 2.05. The molecule has 1 saturated carbocycles. The average Bonchev–Trinajstić information content (AvgIpc) is 2.97. The van der Waals surface area contributed by atoms with E-state index in [1.165, 1.54) is 25.7 Å². The van der Waals surface area contributed by atoms with Gasteiger partial charge >= 0.3 is 0 Å². The molecule has 100 valence electrons. The standard InChI is InChI=1S/C14H22N2OS/c1-3-11-8-12(16(2)15-11)9-13(17)10-18-14-6-4-5-7-14/h8,14H,3-7,9-10H2,1-2H3. The molecule has 1 aromatic heterocycles. The second kappa shape index (κ2) is 6.41. The Bertz CT molecular complexity index is 408. The predicted molar refractivity (Wildman–Crippen MR) is 76.0 cm³/mol. The van der Waals surface area contributed by atoms with Crippen LogP contribution in [0.4, 0.5) is 0 Å². The fourth-order valence-corrected chi connectivity index (χ4v) is 3.62. The van der Waals surface area contributed by atoms with Gasteiger partial charge in [-0.15, -0.1) is 0 Å². The highest BCUT2D eigenvalue weighted by Crippen LogP contribution is 2.29. The summed E-state index contributed by atoms with van der Waals surface area (Å²) in [5.74, 6) is 0.995.